The van der Waals surface area contributed by atoms with Crippen molar-refractivity contribution in [3.63, 3.8) is 0 Å². The van der Waals surface area contributed by atoms with Crippen molar-refractivity contribution in [2.45, 2.75) is 57.7 Å². The van der Waals surface area contributed by atoms with Crippen LogP contribution in [0.4, 0.5) is 5.00 Å². The number of rotatable bonds is 8. The fourth-order valence-corrected chi connectivity index (χ4v) is 6.28. The second-order valence-corrected chi connectivity index (χ2v) is 10.2. The first-order valence-corrected chi connectivity index (χ1v) is 12.8. The molecular weight excluding hydrogens is 438 g/mol. The zero-order valence-electron chi connectivity index (χ0n) is 18.4. The normalized spacial score (nSPS) is 15.2. The molecule has 1 N–H and O–H groups in total. The van der Waals surface area contributed by atoms with Gasteiger partial charge in [0, 0.05) is 17.8 Å². The molecule has 8 heteroatoms. The lowest BCUT2D eigenvalue weighted by molar-refractivity contribution is -0.113. The Hall–Kier alpha value is -2.63. The minimum atomic E-state index is -0.116. The van der Waals surface area contributed by atoms with E-state index in [0.29, 0.717) is 16.5 Å². The summed E-state index contributed by atoms with van der Waals surface area (Å²) in [5.74, 6) is 1.68. The molecule has 0 fully saturated rings. The van der Waals surface area contributed by atoms with Crippen LogP contribution in [0.3, 0.4) is 0 Å². The Labute approximate surface area is 197 Å². The van der Waals surface area contributed by atoms with Gasteiger partial charge in [0.25, 0.3) is 0 Å². The largest absolute Gasteiger partial charge is 0.316 e. The molecule has 4 rings (SSSR count). The van der Waals surface area contributed by atoms with E-state index >= 15 is 0 Å². The first-order valence-electron chi connectivity index (χ1n) is 11.0. The van der Waals surface area contributed by atoms with Gasteiger partial charge >= 0.3 is 0 Å². The second-order valence-electron chi connectivity index (χ2n) is 8.13. The van der Waals surface area contributed by atoms with Gasteiger partial charge in [-0.25, -0.2) is 0 Å². The van der Waals surface area contributed by atoms with Crippen molar-refractivity contribution >= 4 is 34.0 Å². The molecule has 1 aliphatic carbocycles. The van der Waals surface area contributed by atoms with Gasteiger partial charge in [0.2, 0.25) is 5.91 Å². The number of nitrogens with one attached hydrogen (secondary N) is 1. The number of hydrogen-bond acceptors (Lipinski definition) is 6. The zero-order chi connectivity index (χ0) is 22.5. The van der Waals surface area contributed by atoms with Gasteiger partial charge in [-0.3, -0.25) is 4.79 Å². The minimum absolute atomic E-state index is 0.116. The minimum Gasteiger partial charge on any atom is -0.316 e. The summed E-state index contributed by atoms with van der Waals surface area (Å²) in [5.41, 5.74) is 3.05. The lowest BCUT2D eigenvalue weighted by Gasteiger charge is -2.17. The van der Waals surface area contributed by atoms with Crippen LogP contribution >= 0.6 is 23.1 Å². The summed E-state index contributed by atoms with van der Waals surface area (Å²) in [6, 6.07) is 12.6. The van der Waals surface area contributed by atoms with Gasteiger partial charge < -0.3 is 9.88 Å². The standard InChI is InChI=1S/C24H27N5OS2/c1-3-29-21(12-10-17-7-5-4-6-8-17)27-28-24(29)31-15-22(30)26-23-19(14-25)18-11-9-16(2)13-20(18)32-23/h4-8,16H,3,9-13,15H2,1-2H3,(H,26,30). The third-order valence-corrected chi connectivity index (χ3v) is 7.94. The van der Waals surface area contributed by atoms with Crippen molar-refractivity contribution in [3.05, 3.63) is 57.7 Å². The number of amides is 1. The van der Waals surface area contributed by atoms with Gasteiger partial charge in [-0.15, -0.1) is 21.5 Å². The Kier molecular flexibility index (Phi) is 7.28. The molecule has 6 nitrogen and oxygen atoms in total. The van der Waals surface area contributed by atoms with Crippen LogP contribution in [-0.2, 0) is 37.0 Å². The molecule has 166 valence electrons. The molecule has 0 aliphatic heterocycles. The molecule has 1 aromatic carbocycles. The van der Waals surface area contributed by atoms with Crippen molar-refractivity contribution in [1.29, 1.82) is 5.26 Å². The van der Waals surface area contributed by atoms with E-state index in [0.717, 1.165) is 55.2 Å². The average molecular weight is 466 g/mol. The molecule has 0 bridgehead atoms. The van der Waals surface area contributed by atoms with Crippen LogP contribution in [0.15, 0.2) is 35.5 Å². The van der Waals surface area contributed by atoms with Crippen molar-refractivity contribution in [1.82, 2.24) is 14.8 Å². The smallest absolute Gasteiger partial charge is 0.235 e. The fourth-order valence-electron chi connectivity index (χ4n) is 4.08. The van der Waals surface area contributed by atoms with E-state index in [2.05, 4.69) is 52.1 Å². The Morgan fingerprint density at radius 1 is 1.31 bits per heavy atom. The van der Waals surface area contributed by atoms with Crippen LogP contribution in [0.25, 0.3) is 0 Å². The topological polar surface area (TPSA) is 83.6 Å². The predicted molar refractivity (Wildman–Crippen MR) is 129 cm³/mol. The molecule has 0 saturated heterocycles. The molecule has 1 aliphatic rings. The number of thiophene rings is 1. The number of thioether (sulfide) groups is 1. The molecule has 0 spiro atoms. The Morgan fingerprint density at radius 2 is 2.12 bits per heavy atom. The average Bonchev–Trinajstić information content (AvgIpc) is 3.36. The van der Waals surface area contributed by atoms with Gasteiger partial charge in [-0.2, -0.15) is 5.26 Å². The summed E-state index contributed by atoms with van der Waals surface area (Å²) in [4.78, 5) is 13.9. The van der Waals surface area contributed by atoms with Crippen LogP contribution in [0.5, 0.6) is 0 Å². The number of hydrogen-bond donors (Lipinski definition) is 1. The number of anilines is 1. The summed E-state index contributed by atoms with van der Waals surface area (Å²) in [5, 5.41) is 22.7. The molecule has 32 heavy (non-hydrogen) atoms. The van der Waals surface area contributed by atoms with Gasteiger partial charge in [-0.1, -0.05) is 49.0 Å². The van der Waals surface area contributed by atoms with Crippen molar-refractivity contribution in [2.24, 2.45) is 5.92 Å². The molecule has 3 aromatic rings. The number of aryl methyl sites for hydroxylation is 2. The van der Waals surface area contributed by atoms with Crippen LogP contribution in [0, 0.1) is 17.2 Å². The summed E-state index contributed by atoms with van der Waals surface area (Å²) in [6.45, 7) is 5.06. The number of carbonyl (C=O) groups is 1. The molecular formula is C24H27N5OS2. The quantitative estimate of drug-likeness (QED) is 0.480. The van der Waals surface area contributed by atoms with E-state index in [1.165, 1.54) is 22.2 Å². The molecule has 1 atom stereocenters. The van der Waals surface area contributed by atoms with Crippen LogP contribution < -0.4 is 5.32 Å². The van der Waals surface area contributed by atoms with E-state index in [9.17, 15) is 10.1 Å². The Balaban J connectivity index is 1.37. The highest BCUT2D eigenvalue weighted by atomic mass is 32.2. The highest BCUT2D eigenvalue weighted by Gasteiger charge is 2.24. The Bertz CT molecular complexity index is 1130. The third kappa shape index (κ3) is 5.05. The summed E-state index contributed by atoms with van der Waals surface area (Å²) in [6.07, 6.45) is 4.72. The fraction of sp³-hybridized carbons (Fsp3) is 0.417. The van der Waals surface area contributed by atoms with E-state index in [1.807, 2.05) is 18.2 Å². The highest BCUT2D eigenvalue weighted by molar-refractivity contribution is 7.99. The number of carbonyl (C=O) groups excluding carboxylic acids is 1. The zero-order valence-corrected chi connectivity index (χ0v) is 20.1. The first kappa shape index (κ1) is 22.6. The molecule has 0 saturated carbocycles. The van der Waals surface area contributed by atoms with E-state index in [1.54, 1.807) is 11.3 Å². The molecule has 0 radical (unpaired) electrons. The number of aromatic nitrogens is 3. The van der Waals surface area contributed by atoms with Gasteiger partial charge in [0.15, 0.2) is 5.16 Å². The van der Waals surface area contributed by atoms with Crippen molar-refractivity contribution in [3.8, 4) is 6.07 Å². The SMILES string of the molecule is CCn1c(CCc2ccccc2)nnc1SCC(=O)Nc1sc2c(c1C#N)CCC(C)C2. The number of nitriles is 1. The van der Waals surface area contributed by atoms with Gasteiger partial charge in [-0.05, 0) is 49.7 Å². The monoisotopic (exact) mass is 465 g/mol. The summed E-state index contributed by atoms with van der Waals surface area (Å²) in [7, 11) is 0. The van der Waals surface area contributed by atoms with Crippen LogP contribution in [0.1, 0.15) is 47.7 Å². The highest BCUT2D eigenvalue weighted by Crippen LogP contribution is 2.39. The van der Waals surface area contributed by atoms with Gasteiger partial charge in [0.05, 0.1) is 11.3 Å². The molecule has 1 amide bonds. The van der Waals surface area contributed by atoms with Crippen molar-refractivity contribution in [2.75, 3.05) is 11.1 Å². The second kappa shape index (κ2) is 10.3. The molecule has 2 heterocycles. The maximum atomic E-state index is 12.7. The number of benzene rings is 1. The van der Waals surface area contributed by atoms with E-state index < -0.39 is 0 Å². The number of fused-ring (bicyclic) bond motifs is 1. The van der Waals surface area contributed by atoms with Crippen LogP contribution in [-0.4, -0.2) is 26.4 Å². The van der Waals surface area contributed by atoms with E-state index in [-0.39, 0.29) is 11.7 Å². The first-order chi connectivity index (χ1) is 15.6. The Morgan fingerprint density at radius 3 is 2.88 bits per heavy atom. The molecule has 1 unspecified atom stereocenters. The predicted octanol–water partition coefficient (Wildman–Crippen LogP) is 4.87. The summed E-state index contributed by atoms with van der Waals surface area (Å²) < 4.78 is 2.08. The molecule has 2 aromatic heterocycles. The number of nitrogens with zero attached hydrogens (tertiary/aromatic N) is 4. The van der Waals surface area contributed by atoms with Crippen molar-refractivity contribution < 1.29 is 4.79 Å². The van der Waals surface area contributed by atoms with Gasteiger partial charge in [0.1, 0.15) is 16.9 Å². The maximum absolute atomic E-state index is 12.7. The van der Waals surface area contributed by atoms with Crippen LogP contribution in [0.2, 0.25) is 0 Å². The summed E-state index contributed by atoms with van der Waals surface area (Å²) >= 11 is 2.95. The third-order valence-electron chi connectivity index (χ3n) is 5.80. The maximum Gasteiger partial charge on any atom is 0.235 e. The lowest BCUT2D eigenvalue weighted by Crippen LogP contribution is -2.15. The van der Waals surface area contributed by atoms with E-state index in [4.69, 9.17) is 0 Å². The lowest BCUT2D eigenvalue weighted by atomic mass is 9.89.